The van der Waals surface area contributed by atoms with Crippen molar-refractivity contribution in [1.29, 1.82) is 0 Å². The van der Waals surface area contributed by atoms with E-state index in [4.69, 9.17) is 0 Å². The first-order valence-electron chi connectivity index (χ1n) is 3.92. The second kappa shape index (κ2) is 3.00. The van der Waals surface area contributed by atoms with Gasteiger partial charge in [0.1, 0.15) is 5.75 Å². The Labute approximate surface area is 84.4 Å². The number of hydrogen-bond donors (Lipinski definition) is 1. The van der Waals surface area contributed by atoms with Crippen molar-refractivity contribution >= 4 is 26.8 Å². The molecule has 66 valence electrons. The molecule has 0 unspecified atom stereocenters. The van der Waals surface area contributed by atoms with E-state index in [9.17, 15) is 5.11 Å². The Balaban J connectivity index is 2.81. The van der Waals surface area contributed by atoms with Gasteiger partial charge in [0, 0.05) is 16.1 Å². The number of nitrogens with zero attached hydrogens (tertiary/aromatic N) is 1. The molecule has 0 aliphatic rings. The number of aromatic hydroxyl groups is 1. The highest BCUT2D eigenvalue weighted by atomic mass is 79.9. The highest BCUT2D eigenvalue weighted by Crippen LogP contribution is 2.24. The number of fused-ring (bicyclic) bond motifs is 1. The van der Waals surface area contributed by atoms with E-state index < -0.39 is 0 Å². The van der Waals surface area contributed by atoms with Crippen molar-refractivity contribution in [1.82, 2.24) is 4.98 Å². The first-order valence-corrected chi connectivity index (χ1v) is 4.71. The lowest BCUT2D eigenvalue weighted by Crippen LogP contribution is -1.81. The van der Waals surface area contributed by atoms with Crippen LogP contribution in [0.3, 0.4) is 0 Å². The minimum atomic E-state index is 0.312. The van der Waals surface area contributed by atoms with Gasteiger partial charge in [0.2, 0.25) is 0 Å². The van der Waals surface area contributed by atoms with Gasteiger partial charge >= 0.3 is 0 Å². The highest BCUT2D eigenvalue weighted by Gasteiger charge is 2.00. The second-order valence-electron chi connectivity index (χ2n) is 2.98. The van der Waals surface area contributed by atoms with Gasteiger partial charge in [-0.3, -0.25) is 4.98 Å². The maximum atomic E-state index is 9.47. The number of benzene rings is 1. The molecule has 2 aromatic rings. The van der Waals surface area contributed by atoms with Crippen molar-refractivity contribution in [2.75, 3.05) is 0 Å². The Kier molecular flexibility index (Phi) is 1.96. The van der Waals surface area contributed by atoms with Crippen LogP contribution in [0, 0.1) is 6.92 Å². The van der Waals surface area contributed by atoms with Crippen LogP contribution in [-0.2, 0) is 0 Å². The molecule has 0 fully saturated rings. The summed E-state index contributed by atoms with van der Waals surface area (Å²) in [6.45, 7) is 1.86. The van der Waals surface area contributed by atoms with Crippen LogP contribution in [0.4, 0.5) is 0 Å². The first kappa shape index (κ1) is 8.51. The summed E-state index contributed by atoms with van der Waals surface area (Å²) in [4.78, 5) is 4.22. The molecular weight excluding hydrogens is 230 g/mol. The molecule has 1 aromatic heterocycles. The number of pyridine rings is 1. The average molecular weight is 238 g/mol. The molecule has 0 bridgehead atoms. The first-order chi connectivity index (χ1) is 6.16. The molecule has 1 N–H and O–H groups in total. The maximum Gasteiger partial charge on any atom is 0.119 e. The third-order valence-corrected chi connectivity index (χ3v) is 2.40. The van der Waals surface area contributed by atoms with Gasteiger partial charge in [0.15, 0.2) is 0 Å². The summed E-state index contributed by atoms with van der Waals surface area (Å²) in [5.41, 5.74) is 1.75. The van der Waals surface area contributed by atoms with Crippen LogP contribution in [-0.4, -0.2) is 10.1 Å². The third kappa shape index (κ3) is 1.52. The number of rotatable bonds is 0. The van der Waals surface area contributed by atoms with Crippen LogP contribution in [0.25, 0.3) is 10.9 Å². The number of aryl methyl sites for hydroxylation is 1. The SMILES string of the molecule is Cc1cc2ncc(Br)cc2cc1O. The molecule has 0 saturated heterocycles. The van der Waals surface area contributed by atoms with Gasteiger partial charge < -0.3 is 5.11 Å². The van der Waals surface area contributed by atoms with E-state index in [-0.39, 0.29) is 0 Å². The zero-order valence-corrected chi connectivity index (χ0v) is 8.67. The summed E-state index contributed by atoms with van der Waals surface area (Å²) in [5, 5.41) is 10.4. The van der Waals surface area contributed by atoms with Crippen molar-refractivity contribution < 1.29 is 5.11 Å². The van der Waals surface area contributed by atoms with E-state index in [1.165, 1.54) is 0 Å². The zero-order valence-electron chi connectivity index (χ0n) is 7.08. The van der Waals surface area contributed by atoms with E-state index in [2.05, 4.69) is 20.9 Å². The lowest BCUT2D eigenvalue weighted by molar-refractivity contribution is 0.472. The minimum Gasteiger partial charge on any atom is -0.508 e. The summed E-state index contributed by atoms with van der Waals surface area (Å²) in [6.07, 6.45) is 1.75. The van der Waals surface area contributed by atoms with Gasteiger partial charge in [-0.2, -0.15) is 0 Å². The van der Waals surface area contributed by atoms with Gasteiger partial charge in [0.25, 0.3) is 0 Å². The Bertz CT molecular complexity index is 468. The van der Waals surface area contributed by atoms with E-state index in [1.807, 2.05) is 19.1 Å². The predicted octanol–water partition coefficient (Wildman–Crippen LogP) is 3.01. The van der Waals surface area contributed by atoms with Crippen molar-refractivity contribution in [3.8, 4) is 5.75 Å². The van der Waals surface area contributed by atoms with Gasteiger partial charge in [-0.15, -0.1) is 0 Å². The van der Waals surface area contributed by atoms with Gasteiger partial charge in [0.05, 0.1) is 5.52 Å². The normalized spacial score (nSPS) is 10.6. The highest BCUT2D eigenvalue weighted by molar-refractivity contribution is 9.10. The quantitative estimate of drug-likeness (QED) is 0.765. The van der Waals surface area contributed by atoms with Crippen molar-refractivity contribution in [2.24, 2.45) is 0 Å². The average Bonchev–Trinajstić information content (AvgIpc) is 2.08. The predicted molar refractivity (Wildman–Crippen MR) is 55.8 cm³/mol. The number of hydrogen-bond acceptors (Lipinski definition) is 2. The van der Waals surface area contributed by atoms with Crippen molar-refractivity contribution in [3.05, 3.63) is 34.4 Å². The van der Waals surface area contributed by atoms with Crippen LogP contribution in [0.1, 0.15) is 5.56 Å². The number of aromatic nitrogens is 1. The number of phenolic OH excluding ortho intramolecular Hbond substituents is 1. The fraction of sp³-hybridized carbons (Fsp3) is 0.100. The lowest BCUT2D eigenvalue weighted by atomic mass is 10.1. The fourth-order valence-electron chi connectivity index (χ4n) is 1.24. The number of phenols is 1. The molecular formula is C10H8BrNO. The van der Waals surface area contributed by atoms with Crippen LogP contribution < -0.4 is 0 Å². The zero-order chi connectivity index (χ0) is 9.42. The molecule has 2 rings (SSSR count). The Hall–Kier alpha value is -1.09. The van der Waals surface area contributed by atoms with E-state index in [0.717, 1.165) is 20.9 Å². The Morgan fingerprint density at radius 3 is 2.85 bits per heavy atom. The van der Waals surface area contributed by atoms with Gasteiger partial charge in [-0.25, -0.2) is 0 Å². The second-order valence-corrected chi connectivity index (χ2v) is 3.90. The van der Waals surface area contributed by atoms with Crippen LogP contribution >= 0.6 is 15.9 Å². The third-order valence-electron chi connectivity index (χ3n) is 1.97. The van der Waals surface area contributed by atoms with E-state index in [0.29, 0.717) is 5.75 Å². The summed E-state index contributed by atoms with van der Waals surface area (Å²) in [7, 11) is 0. The maximum absolute atomic E-state index is 9.47. The summed E-state index contributed by atoms with van der Waals surface area (Å²) < 4.78 is 0.920. The molecule has 2 nitrogen and oxygen atoms in total. The largest absolute Gasteiger partial charge is 0.508 e. The Morgan fingerprint density at radius 1 is 1.31 bits per heavy atom. The molecule has 13 heavy (non-hydrogen) atoms. The lowest BCUT2D eigenvalue weighted by Gasteiger charge is -2.01. The van der Waals surface area contributed by atoms with Crippen LogP contribution in [0.2, 0.25) is 0 Å². The Morgan fingerprint density at radius 2 is 2.08 bits per heavy atom. The molecule has 1 heterocycles. The van der Waals surface area contributed by atoms with Crippen LogP contribution in [0.15, 0.2) is 28.9 Å². The minimum absolute atomic E-state index is 0.312. The van der Waals surface area contributed by atoms with Crippen LogP contribution in [0.5, 0.6) is 5.75 Å². The van der Waals surface area contributed by atoms with Gasteiger partial charge in [-0.1, -0.05) is 0 Å². The summed E-state index contributed by atoms with van der Waals surface area (Å²) in [5.74, 6) is 0.312. The fourth-order valence-corrected chi connectivity index (χ4v) is 1.59. The molecule has 0 aliphatic heterocycles. The number of halogens is 1. The molecule has 0 aliphatic carbocycles. The van der Waals surface area contributed by atoms with Gasteiger partial charge in [-0.05, 0) is 46.6 Å². The van der Waals surface area contributed by atoms with Crippen molar-refractivity contribution in [3.63, 3.8) is 0 Å². The molecule has 0 radical (unpaired) electrons. The molecule has 1 aromatic carbocycles. The summed E-state index contributed by atoms with van der Waals surface area (Å²) >= 11 is 3.33. The standard InChI is InChI=1S/C10H8BrNO/c1-6-2-9-7(4-10(6)13)3-8(11)5-12-9/h2-5,13H,1H3. The molecule has 0 atom stereocenters. The smallest absolute Gasteiger partial charge is 0.119 e. The molecule has 0 amide bonds. The molecule has 3 heteroatoms. The topological polar surface area (TPSA) is 33.1 Å². The monoisotopic (exact) mass is 237 g/mol. The molecule has 0 saturated carbocycles. The van der Waals surface area contributed by atoms with E-state index in [1.54, 1.807) is 12.3 Å². The van der Waals surface area contributed by atoms with E-state index >= 15 is 0 Å². The van der Waals surface area contributed by atoms with Crippen molar-refractivity contribution in [2.45, 2.75) is 6.92 Å². The summed E-state index contributed by atoms with van der Waals surface area (Å²) in [6, 6.07) is 5.53. The molecule has 0 spiro atoms.